The van der Waals surface area contributed by atoms with Crippen molar-refractivity contribution in [1.29, 1.82) is 0 Å². The van der Waals surface area contributed by atoms with Crippen LogP contribution in [0.2, 0.25) is 0 Å². The number of benzene rings is 1. The SMILES string of the molecule is CCN1c2c(ccc3cn(CC4CCCCC4)nc23)-c2cc(C3CCN(C(C)=O)CC3)n3ncnc1c23. The Hall–Kier alpha value is -3.42. The molecule has 0 atom stereocenters. The molecule has 3 aromatic heterocycles. The highest BCUT2D eigenvalue weighted by Crippen LogP contribution is 2.49. The van der Waals surface area contributed by atoms with Gasteiger partial charge in [-0.3, -0.25) is 9.48 Å². The summed E-state index contributed by atoms with van der Waals surface area (Å²) in [6.45, 7) is 7.28. The van der Waals surface area contributed by atoms with Gasteiger partial charge in [0, 0.05) is 67.4 Å². The third-order valence-electron chi connectivity index (χ3n) is 8.92. The lowest BCUT2D eigenvalue weighted by Crippen LogP contribution is -2.36. The van der Waals surface area contributed by atoms with Gasteiger partial charge in [0.1, 0.15) is 17.4 Å². The summed E-state index contributed by atoms with van der Waals surface area (Å²) in [7, 11) is 0. The third kappa shape index (κ3) is 3.63. The summed E-state index contributed by atoms with van der Waals surface area (Å²) < 4.78 is 4.30. The number of carbonyl (C=O) groups excluding carboxylic acids is 1. The molecule has 1 saturated heterocycles. The molecule has 1 saturated carbocycles. The lowest BCUT2D eigenvalue weighted by atomic mass is 9.89. The second-order valence-corrected chi connectivity index (χ2v) is 11.1. The van der Waals surface area contributed by atoms with Gasteiger partial charge in [0.15, 0.2) is 5.82 Å². The fraction of sp³-hybridized carbons (Fsp3) is 0.517. The van der Waals surface area contributed by atoms with E-state index in [9.17, 15) is 4.79 Å². The molecule has 0 unspecified atom stereocenters. The standard InChI is InChI=1S/C29H35N7O/c1-3-35-27-23(10-9-22-17-34(32-26(22)27)16-20-7-5-4-6-8-20)24-15-25(36-28(24)29(35)30-18-31-36)21-11-13-33(14-12-21)19(2)37/h9-10,15,17-18,20-21H,3-8,11-14,16H2,1-2H3. The minimum absolute atomic E-state index is 0.168. The number of anilines is 2. The van der Waals surface area contributed by atoms with E-state index in [0.29, 0.717) is 5.92 Å². The van der Waals surface area contributed by atoms with Gasteiger partial charge < -0.3 is 9.80 Å². The predicted octanol–water partition coefficient (Wildman–Crippen LogP) is 5.52. The maximum atomic E-state index is 11.9. The molecule has 8 heteroatoms. The van der Waals surface area contributed by atoms with Crippen LogP contribution in [-0.2, 0) is 11.3 Å². The minimum atomic E-state index is 0.168. The van der Waals surface area contributed by atoms with Crippen LogP contribution in [0.5, 0.6) is 0 Å². The first-order valence-electron chi connectivity index (χ1n) is 14.0. The Labute approximate surface area is 217 Å². The second kappa shape index (κ2) is 8.85. The zero-order chi connectivity index (χ0) is 25.1. The van der Waals surface area contributed by atoms with Crippen molar-refractivity contribution >= 4 is 33.8 Å². The number of aromatic nitrogens is 5. The van der Waals surface area contributed by atoms with E-state index in [0.717, 1.165) is 61.8 Å². The summed E-state index contributed by atoms with van der Waals surface area (Å²) in [5.74, 6) is 2.23. The molecule has 3 aliphatic rings. The van der Waals surface area contributed by atoms with Gasteiger partial charge in [-0.25, -0.2) is 9.50 Å². The molecule has 1 aromatic carbocycles. The molecule has 5 heterocycles. The largest absolute Gasteiger partial charge is 0.343 e. The molecule has 0 N–H and O–H groups in total. The molecule has 37 heavy (non-hydrogen) atoms. The van der Waals surface area contributed by atoms with Crippen LogP contribution in [0, 0.1) is 5.92 Å². The van der Waals surface area contributed by atoms with Crippen molar-refractivity contribution in [3.63, 3.8) is 0 Å². The maximum Gasteiger partial charge on any atom is 0.219 e. The molecule has 0 bridgehead atoms. The van der Waals surface area contributed by atoms with Crippen LogP contribution in [0.1, 0.15) is 70.4 Å². The van der Waals surface area contributed by atoms with Gasteiger partial charge in [-0.1, -0.05) is 31.4 Å². The molecule has 2 fully saturated rings. The van der Waals surface area contributed by atoms with Crippen molar-refractivity contribution in [3.8, 4) is 11.1 Å². The molecule has 1 aliphatic carbocycles. The zero-order valence-electron chi connectivity index (χ0n) is 21.9. The third-order valence-corrected chi connectivity index (χ3v) is 8.92. The molecule has 192 valence electrons. The van der Waals surface area contributed by atoms with Crippen LogP contribution < -0.4 is 4.90 Å². The topological polar surface area (TPSA) is 71.6 Å². The molecule has 4 aromatic rings. The van der Waals surface area contributed by atoms with Crippen molar-refractivity contribution in [2.75, 3.05) is 24.5 Å². The Bertz CT molecular complexity index is 1490. The van der Waals surface area contributed by atoms with Gasteiger partial charge in [0.05, 0.1) is 5.69 Å². The van der Waals surface area contributed by atoms with E-state index >= 15 is 0 Å². The number of likely N-dealkylation sites (tertiary alicyclic amines) is 1. The number of carbonyl (C=O) groups is 1. The highest BCUT2D eigenvalue weighted by Gasteiger charge is 2.33. The maximum absolute atomic E-state index is 11.9. The smallest absolute Gasteiger partial charge is 0.219 e. The average molecular weight is 498 g/mol. The number of hydrogen-bond donors (Lipinski definition) is 0. The van der Waals surface area contributed by atoms with Gasteiger partial charge in [-0.2, -0.15) is 10.2 Å². The summed E-state index contributed by atoms with van der Waals surface area (Å²) >= 11 is 0. The Kier molecular flexibility index (Phi) is 5.44. The summed E-state index contributed by atoms with van der Waals surface area (Å²) in [6.07, 6.45) is 12.5. The first kappa shape index (κ1) is 22.8. The number of hydrogen-bond acceptors (Lipinski definition) is 5. The summed E-state index contributed by atoms with van der Waals surface area (Å²) in [5.41, 5.74) is 6.95. The Morgan fingerprint density at radius 2 is 1.86 bits per heavy atom. The van der Waals surface area contributed by atoms with E-state index in [1.54, 1.807) is 13.3 Å². The predicted molar refractivity (Wildman–Crippen MR) is 145 cm³/mol. The molecule has 0 radical (unpaired) electrons. The summed E-state index contributed by atoms with van der Waals surface area (Å²) in [4.78, 5) is 20.9. The quantitative estimate of drug-likeness (QED) is 0.371. The molecule has 2 aliphatic heterocycles. The molecule has 0 spiro atoms. The highest BCUT2D eigenvalue weighted by molar-refractivity contribution is 6.09. The van der Waals surface area contributed by atoms with Gasteiger partial charge in [-0.05, 0) is 44.6 Å². The minimum Gasteiger partial charge on any atom is -0.343 e. The summed E-state index contributed by atoms with van der Waals surface area (Å²) in [5, 5.41) is 11.1. The van der Waals surface area contributed by atoms with Crippen molar-refractivity contribution < 1.29 is 4.79 Å². The number of amides is 1. The van der Waals surface area contributed by atoms with Crippen molar-refractivity contribution in [1.82, 2.24) is 29.3 Å². The van der Waals surface area contributed by atoms with Gasteiger partial charge >= 0.3 is 0 Å². The Balaban J connectivity index is 1.33. The fourth-order valence-electron chi connectivity index (χ4n) is 6.99. The highest BCUT2D eigenvalue weighted by atomic mass is 16.2. The van der Waals surface area contributed by atoms with Crippen LogP contribution in [-0.4, -0.2) is 54.8 Å². The molecule has 7 rings (SSSR count). The number of piperidine rings is 1. The molecule has 1 amide bonds. The van der Waals surface area contributed by atoms with E-state index < -0.39 is 0 Å². The van der Waals surface area contributed by atoms with Gasteiger partial charge in [0.25, 0.3) is 0 Å². The lowest BCUT2D eigenvalue weighted by Gasteiger charge is -2.31. The number of rotatable bonds is 4. The van der Waals surface area contributed by atoms with E-state index in [4.69, 9.17) is 15.2 Å². The van der Waals surface area contributed by atoms with E-state index in [2.05, 4.69) is 45.4 Å². The van der Waals surface area contributed by atoms with Crippen LogP contribution in [0.15, 0.2) is 30.7 Å². The number of nitrogens with zero attached hydrogens (tertiary/aromatic N) is 7. The van der Waals surface area contributed by atoms with Crippen molar-refractivity contribution in [3.05, 3.63) is 36.4 Å². The van der Waals surface area contributed by atoms with Gasteiger partial charge in [0.2, 0.25) is 5.91 Å². The van der Waals surface area contributed by atoms with Crippen LogP contribution in [0.4, 0.5) is 11.5 Å². The first-order valence-corrected chi connectivity index (χ1v) is 14.0. The monoisotopic (exact) mass is 497 g/mol. The Morgan fingerprint density at radius 1 is 1.05 bits per heavy atom. The van der Waals surface area contributed by atoms with Crippen molar-refractivity contribution in [2.24, 2.45) is 5.92 Å². The average Bonchev–Trinajstić information content (AvgIpc) is 3.52. The molecule has 8 nitrogen and oxygen atoms in total. The molecular formula is C29H35N7O. The van der Waals surface area contributed by atoms with E-state index in [-0.39, 0.29) is 5.91 Å². The van der Waals surface area contributed by atoms with Gasteiger partial charge in [-0.15, -0.1) is 0 Å². The van der Waals surface area contributed by atoms with E-state index in [1.807, 2.05) is 4.90 Å². The first-order chi connectivity index (χ1) is 18.1. The normalized spacial score (nSPS) is 18.6. The van der Waals surface area contributed by atoms with Crippen LogP contribution in [0.3, 0.4) is 0 Å². The summed E-state index contributed by atoms with van der Waals surface area (Å²) in [6, 6.07) is 6.83. The lowest BCUT2D eigenvalue weighted by molar-refractivity contribution is -0.129. The second-order valence-electron chi connectivity index (χ2n) is 11.1. The molecular weight excluding hydrogens is 462 g/mol. The van der Waals surface area contributed by atoms with Crippen molar-refractivity contribution in [2.45, 2.75) is 71.3 Å². The van der Waals surface area contributed by atoms with E-state index in [1.165, 1.54) is 60.0 Å². The van der Waals surface area contributed by atoms with Crippen LogP contribution in [0.25, 0.3) is 27.5 Å². The van der Waals surface area contributed by atoms with Crippen LogP contribution >= 0.6 is 0 Å². The Morgan fingerprint density at radius 3 is 2.62 bits per heavy atom. The number of fused-ring (bicyclic) bond motifs is 4. The zero-order valence-corrected chi connectivity index (χ0v) is 21.9. The fourth-order valence-corrected chi connectivity index (χ4v) is 6.99.